The first-order chi connectivity index (χ1) is 7.87. The highest BCUT2D eigenvalue weighted by atomic mass is 19.4. The summed E-state index contributed by atoms with van der Waals surface area (Å²) in [5.41, 5.74) is 0. The third-order valence-corrected chi connectivity index (χ3v) is 2.53. The van der Waals surface area contributed by atoms with Crippen LogP contribution >= 0.6 is 0 Å². The van der Waals surface area contributed by atoms with E-state index in [1.165, 1.54) is 0 Å². The zero-order valence-corrected chi connectivity index (χ0v) is 9.37. The van der Waals surface area contributed by atoms with Crippen molar-refractivity contribution in [2.75, 3.05) is 32.8 Å². The number of halogens is 3. The van der Waals surface area contributed by atoms with Crippen molar-refractivity contribution in [2.45, 2.75) is 19.0 Å². The molecule has 0 aliphatic carbocycles. The molecule has 0 aromatic heterocycles. The summed E-state index contributed by atoms with van der Waals surface area (Å²) < 4.78 is 41.9. The van der Waals surface area contributed by atoms with Gasteiger partial charge in [-0.3, -0.25) is 9.69 Å². The largest absolute Gasteiger partial charge is 0.480 e. The third kappa shape index (κ3) is 6.48. The van der Waals surface area contributed by atoms with E-state index in [1.54, 1.807) is 0 Å². The second kappa shape index (κ2) is 6.20. The van der Waals surface area contributed by atoms with Crippen LogP contribution in [0.25, 0.3) is 0 Å². The number of aliphatic carboxylic acids is 1. The van der Waals surface area contributed by atoms with Gasteiger partial charge in [-0.25, -0.2) is 0 Å². The lowest BCUT2D eigenvalue weighted by Gasteiger charge is -2.29. The summed E-state index contributed by atoms with van der Waals surface area (Å²) in [6.07, 6.45) is -2.77. The normalized spacial score (nSPS) is 21.8. The molecule has 100 valence electrons. The number of rotatable bonds is 5. The van der Waals surface area contributed by atoms with E-state index in [0.29, 0.717) is 13.2 Å². The van der Waals surface area contributed by atoms with Crippen LogP contribution in [-0.4, -0.2) is 55.0 Å². The van der Waals surface area contributed by atoms with Gasteiger partial charge in [0.15, 0.2) is 0 Å². The number of carboxylic acids is 1. The number of hydrogen-bond donors (Lipinski definition) is 1. The van der Waals surface area contributed by atoms with Crippen LogP contribution in [0.4, 0.5) is 13.2 Å². The van der Waals surface area contributed by atoms with Crippen LogP contribution < -0.4 is 0 Å². The molecule has 1 aliphatic heterocycles. The molecular weight excluding hydrogens is 239 g/mol. The Morgan fingerprint density at radius 3 is 2.65 bits per heavy atom. The Kier molecular flexibility index (Phi) is 5.20. The summed E-state index contributed by atoms with van der Waals surface area (Å²) in [7, 11) is 0. The van der Waals surface area contributed by atoms with Crippen LogP contribution in [0.5, 0.6) is 0 Å². The molecule has 1 saturated heterocycles. The number of ether oxygens (including phenoxy) is 1. The zero-order chi connectivity index (χ0) is 12.9. The highest BCUT2D eigenvalue weighted by molar-refractivity contribution is 5.69. The summed E-state index contributed by atoms with van der Waals surface area (Å²) in [6, 6.07) is 0. The van der Waals surface area contributed by atoms with Gasteiger partial charge in [0.25, 0.3) is 0 Å². The lowest BCUT2D eigenvalue weighted by Crippen LogP contribution is -2.42. The van der Waals surface area contributed by atoms with E-state index < -0.39 is 25.2 Å². The van der Waals surface area contributed by atoms with Gasteiger partial charge in [0.2, 0.25) is 0 Å². The van der Waals surface area contributed by atoms with Crippen molar-refractivity contribution >= 4 is 5.97 Å². The molecule has 0 saturated carbocycles. The standard InChI is InChI=1S/C10H16F3NO3/c11-10(12,13)7-14(5-9(15)16)4-8-2-1-3-17-6-8/h8H,1-7H2,(H,15,16). The fraction of sp³-hybridized carbons (Fsp3) is 0.900. The van der Waals surface area contributed by atoms with E-state index in [9.17, 15) is 18.0 Å². The van der Waals surface area contributed by atoms with E-state index in [1.807, 2.05) is 0 Å². The monoisotopic (exact) mass is 255 g/mol. The quantitative estimate of drug-likeness (QED) is 0.806. The molecule has 17 heavy (non-hydrogen) atoms. The van der Waals surface area contributed by atoms with Crippen LogP contribution in [0.3, 0.4) is 0 Å². The minimum atomic E-state index is -4.37. The second-order valence-electron chi connectivity index (χ2n) is 4.26. The van der Waals surface area contributed by atoms with Crippen LogP contribution in [0, 0.1) is 5.92 Å². The van der Waals surface area contributed by atoms with Crippen LogP contribution in [0.15, 0.2) is 0 Å². The fourth-order valence-corrected chi connectivity index (χ4v) is 1.95. The lowest BCUT2D eigenvalue weighted by atomic mass is 10.0. The summed E-state index contributed by atoms with van der Waals surface area (Å²) in [4.78, 5) is 11.4. The summed E-state index contributed by atoms with van der Waals surface area (Å²) in [5.74, 6) is -1.25. The molecule has 4 nitrogen and oxygen atoms in total. The zero-order valence-electron chi connectivity index (χ0n) is 9.37. The van der Waals surface area contributed by atoms with Crippen molar-refractivity contribution in [3.63, 3.8) is 0 Å². The van der Waals surface area contributed by atoms with Gasteiger partial charge in [0, 0.05) is 13.2 Å². The maximum atomic E-state index is 12.2. The number of nitrogens with zero attached hydrogens (tertiary/aromatic N) is 1. The first-order valence-electron chi connectivity index (χ1n) is 5.45. The Morgan fingerprint density at radius 2 is 2.18 bits per heavy atom. The Morgan fingerprint density at radius 1 is 1.47 bits per heavy atom. The third-order valence-electron chi connectivity index (χ3n) is 2.53. The molecule has 0 amide bonds. The number of hydrogen-bond acceptors (Lipinski definition) is 3. The van der Waals surface area contributed by atoms with Gasteiger partial charge in [0.1, 0.15) is 0 Å². The Bertz CT molecular complexity index is 252. The molecule has 1 rings (SSSR count). The first kappa shape index (κ1) is 14.2. The van der Waals surface area contributed by atoms with Gasteiger partial charge >= 0.3 is 12.1 Å². The maximum Gasteiger partial charge on any atom is 0.401 e. The number of carbonyl (C=O) groups is 1. The van der Waals surface area contributed by atoms with Crippen molar-refractivity contribution in [3.05, 3.63) is 0 Å². The molecule has 1 aliphatic rings. The molecule has 1 unspecified atom stereocenters. The van der Waals surface area contributed by atoms with Crippen molar-refractivity contribution < 1.29 is 27.8 Å². The maximum absolute atomic E-state index is 12.2. The number of carboxylic acid groups (broad SMARTS) is 1. The minimum absolute atomic E-state index is 0.00884. The summed E-state index contributed by atoms with van der Waals surface area (Å²) in [5, 5.41) is 8.57. The smallest absolute Gasteiger partial charge is 0.401 e. The van der Waals surface area contributed by atoms with E-state index in [2.05, 4.69) is 0 Å². The molecule has 0 aromatic carbocycles. The van der Waals surface area contributed by atoms with Gasteiger partial charge < -0.3 is 9.84 Å². The Balaban J connectivity index is 2.46. The molecule has 1 fully saturated rings. The van der Waals surface area contributed by atoms with Gasteiger partial charge in [-0.2, -0.15) is 13.2 Å². The average molecular weight is 255 g/mol. The molecule has 0 spiro atoms. The fourth-order valence-electron chi connectivity index (χ4n) is 1.95. The molecule has 0 bridgehead atoms. The summed E-state index contributed by atoms with van der Waals surface area (Å²) in [6.45, 7) is -0.611. The minimum Gasteiger partial charge on any atom is -0.480 e. The molecule has 1 atom stereocenters. The van der Waals surface area contributed by atoms with Gasteiger partial charge in [0.05, 0.1) is 19.7 Å². The van der Waals surface area contributed by atoms with Crippen molar-refractivity contribution in [2.24, 2.45) is 5.92 Å². The van der Waals surface area contributed by atoms with Gasteiger partial charge in [-0.05, 0) is 18.8 Å². The van der Waals surface area contributed by atoms with E-state index in [0.717, 1.165) is 17.7 Å². The van der Waals surface area contributed by atoms with E-state index in [4.69, 9.17) is 9.84 Å². The first-order valence-corrected chi connectivity index (χ1v) is 5.45. The predicted octanol–water partition coefficient (Wildman–Crippen LogP) is 1.36. The molecule has 1 heterocycles. The summed E-state index contributed by atoms with van der Waals surface area (Å²) >= 11 is 0. The van der Waals surface area contributed by atoms with Crippen LogP contribution in [0.1, 0.15) is 12.8 Å². The molecule has 1 N–H and O–H groups in total. The van der Waals surface area contributed by atoms with Crippen molar-refractivity contribution in [3.8, 4) is 0 Å². The molecular formula is C10H16F3NO3. The van der Waals surface area contributed by atoms with Gasteiger partial charge in [-0.1, -0.05) is 0 Å². The van der Waals surface area contributed by atoms with Crippen molar-refractivity contribution in [1.82, 2.24) is 4.90 Å². The van der Waals surface area contributed by atoms with Gasteiger partial charge in [-0.15, -0.1) is 0 Å². The molecule has 0 radical (unpaired) electrons. The Labute approximate surface area is 97.3 Å². The molecule has 0 aromatic rings. The average Bonchev–Trinajstić information content (AvgIpc) is 2.15. The van der Waals surface area contributed by atoms with E-state index >= 15 is 0 Å². The van der Waals surface area contributed by atoms with Crippen LogP contribution in [0.2, 0.25) is 0 Å². The number of alkyl halides is 3. The van der Waals surface area contributed by atoms with Crippen molar-refractivity contribution in [1.29, 1.82) is 0 Å². The van der Waals surface area contributed by atoms with E-state index in [-0.39, 0.29) is 12.5 Å². The SMILES string of the molecule is O=C(O)CN(CC1CCCOC1)CC(F)(F)F. The second-order valence-corrected chi connectivity index (χ2v) is 4.26. The predicted molar refractivity (Wildman–Crippen MR) is 53.7 cm³/mol. The molecule has 7 heteroatoms. The lowest BCUT2D eigenvalue weighted by molar-refractivity contribution is -0.156. The van der Waals surface area contributed by atoms with Crippen LogP contribution in [-0.2, 0) is 9.53 Å². The highest BCUT2D eigenvalue weighted by Gasteiger charge is 2.32. The highest BCUT2D eigenvalue weighted by Crippen LogP contribution is 2.20. The topological polar surface area (TPSA) is 49.8 Å². The Hall–Kier alpha value is -0.820.